The first-order valence-corrected chi connectivity index (χ1v) is 8.04. The lowest BCUT2D eigenvalue weighted by atomic mass is 10.1. The van der Waals surface area contributed by atoms with Gasteiger partial charge < -0.3 is 13.9 Å². The summed E-state index contributed by atoms with van der Waals surface area (Å²) in [6, 6.07) is 13.7. The Hall–Kier alpha value is -3.01. The Labute approximate surface area is 147 Å². The fourth-order valence-electron chi connectivity index (χ4n) is 2.71. The first-order valence-electron chi connectivity index (χ1n) is 8.04. The zero-order chi connectivity index (χ0) is 17.8. The number of nitrogens with zero attached hydrogens (tertiary/aromatic N) is 1. The van der Waals surface area contributed by atoms with Gasteiger partial charge in [0.25, 0.3) is 0 Å². The van der Waals surface area contributed by atoms with Crippen LogP contribution in [0.1, 0.15) is 5.56 Å². The van der Waals surface area contributed by atoms with Gasteiger partial charge in [-0.3, -0.25) is 4.99 Å². The molecule has 4 nitrogen and oxygen atoms in total. The predicted molar refractivity (Wildman–Crippen MR) is 100 cm³/mol. The first-order chi connectivity index (χ1) is 12.2. The SMILES string of the molecule is C=CCN=c1cc(-c2ccc(OC)c(OC)c2)oc2ccc(C)cc12. The molecule has 0 saturated carbocycles. The third-order valence-electron chi connectivity index (χ3n) is 3.96. The normalized spacial score (nSPS) is 11.6. The molecule has 0 bridgehead atoms. The van der Waals surface area contributed by atoms with Gasteiger partial charge in [-0.15, -0.1) is 6.58 Å². The van der Waals surface area contributed by atoms with Crippen molar-refractivity contribution in [3.05, 3.63) is 66.0 Å². The van der Waals surface area contributed by atoms with E-state index in [1.165, 1.54) is 0 Å². The van der Waals surface area contributed by atoms with E-state index in [1.54, 1.807) is 20.3 Å². The van der Waals surface area contributed by atoms with Gasteiger partial charge in [0.1, 0.15) is 11.3 Å². The monoisotopic (exact) mass is 335 g/mol. The number of benzene rings is 2. The van der Waals surface area contributed by atoms with Crippen LogP contribution >= 0.6 is 0 Å². The van der Waals surface area contributed by atoms with Crippen LogP contribution in [0.15, 0.2) is 64.5 Å². The van der Waals surface area contributed by atoms with E-state index in [9.17, 15) is 0 Å². The van der Waals surface area contributed by atoms with Crippen LogP contribution in [0.2, 0.25) is 0 Å². The summed E-state index contributed by atoms with van der Waals surface area (Å²) >= 11 is 0. The maximum Gasteiger partial charge on any atom is 0.161 e. The molecule has 128 valence electrons. The molecule has 4 heteroatoms. The Morgan fingerprint density at radius 3 is 2.56 bits per heavy atom. The van der Waals surface area contributed by atoms with Crippen LogP contribution in [-0.2, 0) is 0 Å². The number of fused-ring (bicyclic) bond motifs is 1. The maximum absolute atomic E-state index is 6.11. The second-order valence-corrected chi connectivity index (χ2v) is 5.69. The summed E-state index contributed by atoms with van der Waals surface area (Å²) in [4.78, 5) is 4.62. The van der Waals surface area contributed by atoms with Crippen molar-refractivity contribution in [2.45, 2.75) is 6.92 Å². The highest BCUT2D eigenvalue weighted by atomic mass is 16.5. The van der Waals surface area contributed by atoms with Gasteiger partial charge in [-0.25, -0.2) is 0 Å². The van der Waals surface area contributed by atoms with E-state index >= 15 is 0 Å². The van der Waals surface area contributed by atoms with Crippen molar-refractivity contribution >= 4 is 11.0 Å². The van der Waals surface area contributed by atoms with E-state index < -0.39 is 0 Å². The van der Waals surface area contributed by atoms with Crippen LogP contribution in [0.3, 0.4) is 0 Å². The van der Waals surface area contributed by atoms with E-state index in [0.29, 0.717) is 18.0 Å². The number of ether oxygens (including phenoxy) is 2. The molecule has 0 radical (unpaired) electrons. The summed E-state index contributed by atoms with van der Waals surface area (Å²) in [5.74, 6) is 2.06. The molecule has 0 aliphatic heterocycles. The molecular weight excluding hydrogens is 314 g/mol. The van der Waals surface area contributed by atoms with Gasteiger partial charge in [0.15, 0.2) is 11.5 Å². The summed E-state index contributed by atoms with van der Waals surface area (Å²) < 4.78 is 16.8. The number of hydrogen-bond donors (Lipinski definition) is 0. The molecule has 0 aliphatic rings. The number of hydrogen-bond acceptors (Lipinski definition) is 4. The van der Waals surface area contributed by atoms with Crippen molar-refractivity contribution < 1.29 is 13.9 Å². The van der Waals surface area contributed by atoms with Crippen LogP contribution in [0, 0.1) is 6.92 Å². The second-order valence-electron chi connectivity index (χ2n) is 5.69. The molecule has 0 aliphatic carbocycles. The van der Waals surface area contributed by atoms with Crippen LogP contribution in [0.4, 0.5) is 0 Å². The quantitative estimate of drug-likeness (QED) is 0.644. The minimum Gasteiger partial charge on any atom is -0.493 e. The minimum absolute atomic E-state index is 0.554. The summed E-state index contributed by atoms with van der Waals surface area (Å²) in [5, 5.41) is 1.88. The highest BCUT2D eigenvalue weighted by Gasteiger charge is 2.10. The fourth-order valence-corrected chi connectivity index (χ4v) is 2.71. The molecule has 2 aromatic carbocycles. The Bertz CT molecular complexity index is 986. The third kappa shape index (κ3) is 3.43. The van der Waals surface area contributed by atoms with Crippen LogP contribution in [0.5, 0.6) is 11.5 Å². The molecule has 25 heavy (non-hydrogen) atoms. The predicted octanol–water partition coefficient (Wildman–Crippen LogP) is 4.51. The van der Waals surface area contributed by atoms with E-state index in [2.05, 4.69) is 24.6 Å². The standard InChI is InChI=1S/C21H21NO3/c1-5-10-22-17-13-20(25-18-8-6-14(2)11-16(17)18)15-7-9-19(23-3)21(12-15)24-4/h5-9,11-13H,1,10H2,2-4H3. The van der Waals surface area contributed by atoms with Crippen molar-refractivity contribution in [1.29, 1.82) is 0 Å². The average molecular weight is 335 g/mol. The average Bonchev–Trinajstić information content (AvgIpc) is 2.65. The molecule has 1 aromatic heterocycles. The van der Waals surface area contributed by atoms with Gasteiger partial charge >= 0.3 is 0 Å². The van der Waals surface area contributed by atoms with Crippen molar-refractivity contribution in [2.24, 2.45) is 4.99 Å². The molecule has 1 heterocycles. The van der Waals surface area contributed by atoms with Gasteiger partial charge in [0.05, 0.1) is 26.1 Å². The second kappa shape index (κ2) is 7.26. The molecule has 0 unspecified atom stereocenters. The van der Waals surface area contributed by atoms with Gasteiger partial charge in [0.2, 0.25) is 0 Å². The molecule has 3 aromatic rings. The molecule has 0 N–H and O–H groups in total. The van der Waals surface area contributed by atoms with Gasteiger partial charge in [-0.1, -0.05) is 17.7 Å². The molecule has 0 atom stereocenters. The Morgan fingerprint density at radius 2 is 1.84 bits per heavy atom. The van der Waals surface area contributed by atoms with E-state index in [4.69, 9.17) is 13.9 Å². The van der Waals surface area contributed by atoms with Crippen molar-refractivity contribution in [1.82, 2.24) is 0 Å². The first kappa shape index (κ1) is 16.8. The molecule has 3 rings (SSSR count). The van der Waals surface area contributed by atoms with Gasteiger partial charge in [0, 0.05) is 17.0 Å². The third-order valence-corrected chi connectivity index (χ3v) is 3.96. The zero-order valence-corrected chi connectivity index (χ0v) is 14.7. The topological polar surface area (TPSA) is 44.0 Å². The van der Waals surface area contributed by atoms with Crippen LogP contribution in [-0.4, -0.2) is 20.8 Å². The Balaban J connectivity index is 2.23. The maximum atomic E-state index is 6.11. The van der Waals surface area contributed by atoms with Crippen molar-refractivity contribution in [2.75, 3.05) is 20.8 Å². The van der Waals surface area contributed by atoms with Crippen LogP contribution in [0.25, 0.3) is 22.3 Å². The summed E-state index contributed by atoms with van der Waals surface area (Å²) in [7, 11) is 3.24. The summed E-state index contributed by atoms with van der Waals surface area (Å²) in [5.41, 5.74) is 2.85. The fraction of sp³-hybridized carbons (Fsp3) is 0.190. The number of aryl methyl sites for hydroxylation is 1. The smallest absolute Gasteiger partial charge is 0.161 e. The molecule has 0 saturated heterocycles. The zero-order valence-electron chi connectivity index (χ0n) is 14.7. The van der Waals surface area contributed by atoms with E-state index in [-0.39, 0.29) is 0 Å². The highest BCUT2D eigenvalue weighted by Crippen LogP contribution is 2.32. The number of rotatable bonds is 5. The largest absolute Gasteiger partial charge is 0.493 e. The molecule has 0 spiro atoms. The highest BCUT2D eigenvalue weighted by molar-refractivity contribution is 5.79. The minimum atomic E-state index is 0.554. The molecular formula is C21H21NO3. The molecule has 0 amide bonds. The van der Waals surface area contributed by atoms with Crippen LogP contribution < -0.4 is 14.8 Å². The Kier molecular flexibility index (Phi) is 4.89. The van der Waals surface area contributed by atoms with E-state index in [0.717, 1.165) is 33.2 Å². The van der Waals surface area contributed by atoms with Crippen molar-refractivity contribution in [3.63, 3.8) is 0 Å². The number of methoxy groups -OCH3 is 2. The summed E-state index contributed by atoms with van der Waals surface area (Å²) in [6.07, 6.45) is 1.78. The van der Waals surface area contributed by atoms with Gasteiger partial charge in [-0.05, 0) is 37.3 Å². The Morgan fingerprint density at radius 1 is 1.04 bits per heavy atom. The van der Waals surface area contributed by atoms with Crippen molar-refractivity contribution in [3.8, 4) is 22.8 Å². The lowest BCUT2D eigenvalue weighted by Gasteiger charge is -2.10. The summed E-state index contributed by atoms with van der Waals surface area (Å²) in [6.45, 7) is 6.36. The lowest BCUT2D eigenvalue weighted by Crippen LogP contribution is -2.05. The van der Waals surface area contributed by atoms with E-state index in [1.807, 2.05) is 36.4 Å². The lowest BCUT2D eigenvalue weighted by molar-refractivity contribution is 0.355. The van der Waals surface area contributed by atoms with Gasteiger partial charge in [-0.2, -0.15) is 0 Å². The molecule has 0 fully saturated rings.